The molecule has 0 amide bonds. The van der Waals surface area contributed by atoms with Crippen molar-refractivity contribution >= 4 is 5.82 Å². The second-order valence-corrected chi connectivity index (χ2v) is 6.17. The molecule has 1 aromatic rings. The largest absolute Gasteiger partial charge is 0.383 e. The number of nitrogens with zero attached hydrogens (tertiary/aromatic N) is 4. The quantitative estimate of drug-likeness (QED) is 0.770. The number of rotatable bonds is 7. The summed E-state index contributed by atoms with van der Waals surface area (Å²) in [5.74, 6) is 2.39. The Balaban J connectivity index is 2.02. The number of ether oxygens (including phenoxy) is 1. The van der Waals surface area contributed by atoms with E-state index in [0.29, 0.717) is 12.0 Å². The van der Waals surface area contributed by atoms with Crippen LogP contribution in [0.5, 0.6) is 0 Å². The Labute approximate surface area is 128 Å². The molecule has 118 valence electrons. The highest BCUT2D eigenvalue weighted by Crippen LogP contribution is 2.25. The summed E-state index contributed by atoms with van der Waals surface area (Å²) in [6.45, 7) is 8.19. The van der Waals surface area contributed by atoms with Gasteiger partial charge >= 0.3 is 0 Å². The molecule has 5 heteroatoms. The lowest BCUT2D eigenvalue weighted by Gasteiger charge is -2.29. The van der Waals surface area contributed by atoms with Gasteiger partial charge in [0.25, 0.3) is 0 Å². The Morgan fingerprint density at radius 2 is 2.29 bits per heavy atom. The number of methoxy groups -OCH3 is 1. The second kappa shape index (κ2) is 7.71. The van der Waals surface area contributed by atoms with Crippen LogP contribution in [-0.2, 0) is 4.74 Å². The number of aromatic nitrogens is 2. The van der Waals surface area contributed by atoms with E-state index < -0.39 is 0 Å². The lowest BCUT2D eigenvalue weighted by Crippen LogP contribution is -2.40. The van der Waals surface area contributed by atoms with Gasteiger partial charge in [0, 0.05) is 44.9 Å². The highest BCUT2D eigenvalue weighted by Gasteiger charge is 2.27. The molecule has 0 saturated carbocycles. The predicted molar refractivity (Wildman–Crippen MR) is 85.9 cm³/mol. The summed E-state index contributed by atoms with van der Waals surface area (Å²) in [5, 5.41) is 0. The molecule has 0 N–H and O–H groups in total. The van der Waals surface area contributed by atoms with Gasteiger partial charge in [-0.3, -0.25) is 0 Å². The maximum absolute atomic E-state index is 5.15. The molecule has 1 aliphatic heterocycles. The standard InChI is InChI=1S/C16H28N4O/c1-13(2)16-17-8-7-15(18-16)20-9-5-6-14(20)12-19(3)10-11-21-4/h7-8,13-14H,5-6,9-12H2,1-4H3/t14-/m0/s1. The van der Waals surface area contributed by atoms with Crippen LogP contribution in [0.1, 0.15) is 38.4 Å². The molecular weight excluding hydrogens is 264 g/mol. The summed E-state index contributed by atoms with van der Waals surface area (Å²) in [7, 11) is 3.92. The average Bonchev–Trinajstić information content (AvgIpc) is 2.93. The van der Waals surface area contributed by atoms with Gasteiger partial charge in [0.2, 0.25) is 0 Å². The van der Waals surface area contributed by atoms with Gasteiger partial charge < -0.3 is 14.5 Å². The zero-order valence-electron chi connectivity index (χ0n) is 13.7. The monoisotopic (exact) mass is 292 g/mol. The fourth-order valence-corrected chi connectivity index (χ4v) is 2.83. The van der Waals surface area contributed by atoms with Crippen molar-refractivity contribution in [3.05, 3.63) is 18.1 Å². The van der Waals surface area contributed by atoms with Gasteiger partial charge in [0.1, 0.15) is 11.6 Å². The van der Waals surface area contributed by atoms with E-state index in [1.165, 1.54) is 12.8 Å². The fraction of sp³-hybridized carbons (Fsp3) is 0.750. The third-order valence-electron chi connectivity index (χ3n) is 4.05. The van der Waals surface area contributed by atoms with Gasteiger partial charge in [-0.05, 0) is 26.0 Å². The topological polar surface area (TPSA) is 41.5 Å². The van der Waals surface area contributed by atoms with E-state index in [0.717, 1.165) is 37.9 Å². The van der Waals surface area contributed by atoms with Crippen molar-refractivity contribution in [2.24, 2.45) is 0 Å². The maximum Gasteiger partial charge on any atom is 0.133 e. The van der Waals surface area contributed by atoms with Gasteiger partial charge in [-0.25, -0.2) is 9.97 Å². The van der Waals surface area contributed by atoms with Crippen molar-refractivity contribution in [1.82, 2.24) is 14.9 Å². The van der Waals surface area contributed by atoms with E-state index in [2.05, 4.69) is 35.7 Å². The van der Waals surface area contributed by atoms with Crippen LogP contribution >= 0.6 is 0 Å². The minimum absolute atomic E-state index is 0.371. The molecule has 1 atom stereocenters. The fourth-order valence-electron chi connectivity index (χ4n) is 2.83. The van der Waals surface area contributed by atoms with Gasteiger partial charge in [0.15, 0.2) is 0 Å². The molecule has 1 saturated heterocycles. The first-order valence-corrected chi connectivity index (χ1v) is 7.89. The van der Waals surface area contributed by atoms with Crippen LogP contribution in [0, 0.1) is 0 Å². The van der Waals surface area contributed by atoms with Crippen molar-refractivity contribution in [3.8, 4) is 0 Å². The smallest absolute Gasteiger partial charge is 0.133 e. The summed E-state index contributed by atoms with van der Waals surface area (Å²) in [5.41, 5.74) is 0. The zero-order valence-corrected chi connectivity index (χ0v) is 13.7. The molecule has 0 aromatic carbocycles. The third kappa shape index (κ3) is 4.38. The number of hydrogen-bond acceptors (Lipinski definition) is 5. The first kappa shape index (κ1) is 16.2. The van der Waals surface area contributed by atoms with Crippen LogP contribution in [0.2, 0.25) is 0 Å². The summed E-state index contributed by atoms with van der Waals surface area (Å²) in [6, 6.07) is 2.58. The molecule has 2 rings (SSSR count). The molecule has 1 aromatic heterocycles. The van der Waals surface area contributed by atoms with E-state index in [9.17, 15) is 0 Å². The lowest BCUT2D eigenvalue weighted by molar-refractivity contribution is 0.158. The van der Waals surface area contributed by atoms with Crippen molar-refractivity contribution < 1.29 is 4.74 Å². The zero-order chi connectivity index (χ0) is 15.2. The number of anilines is 1. The van der Waals surface area contributed by atoms with Gasteiger partial charge in [-0.2, -0.15) is 0 Å². The lowest BCUT2D eigenvalue weighted by atomic mass is 10.2. The van der Waals surface area contributed by atoms with Crippen LogP contribution in [0.3, 0.4) is 0 Å². The van der Waals surface area contributed by atoms with Gasteiger partial charge in [-0.1, -0.05) is 13.8 Å². The van der Waals surface area contributed by atoms with Crippen molar-refractivity contribution in [2.45, 2.75) is 38.6 Å². The van der Waals surface area contributed by atoms with Crippen LogP contribution < -0.4 is 4.90 Å². The van der Waals surface area contributed by atoms with Crippen molar-refractivity contribution in [2.75, 3.05) is 45.3 Å². The minimum atomic E-state index is 0.371. The Kier molecular flexibility index (Phi) is 5.94. The van der Waals surface area contributed by atoms with Crippen LogP contribution in [-0.4, -0.2) is 61.3 Å². The van der Waals surface area contributed by atoms with E-state index >= 15 is 0 Å². The van der Waals surface area contributed by atoms with Crippen LogP contribution in [0.25, 0.3) is 0 Å². The van der Waals surface area contributed by atoms with Crippen LogP contribution in [0.4, 0.5) is 5.82 Å². The Morgan fingerprint density at radius 3 is 3.00 bits per heavy atom. The summed E-state index contributed by atoms with van der Waals surface area (Å²) in [4.78, 5) is 13.9. The van der Waals surface area contributed by atoms with Crippen LogP contribution in [0.15, 0.2) is 12.3 Å². The summed E-state index contributed by atoms with van der Waals surface area (Å²) >= 11 is 0. The Hall–Kier alpha value is -1.20. The van der Waals surface area contributed by atoms with Gasteiger partial charge in [-0.15, -0.1) is 0 Å². The summed E-state index contributed by atoms with van der Waals surface area (Å²) < 4.78 is 5.15. The first-order chi connectivity index (χ1) is 10.1. The second-order valence-electron chi connectivity index (χ2n) is 6.17. The molecule has 1 aliphatic rings. The van der Waals surface area contributed by atoms with E-state index in [-0.39, 0.29) is 0 Å². The molecule has 0 unspecified atom stereocenters. The molecule has 0 radical (unpaired) electrons. The van der Waals surface area contributed by atoms with Crippen molar-refractivity contribution in [1.29, 1.82) is 0 Å². The number of hydrogen-bond donors (Lipinski definition) is 0. The molecule has 0 bridgehead atoms. The number of likely N-dealkylation sites (N-methyl/N-ethyl adjacent to an activating group) is 1. The highest BCUT2D eigenvalue weighted by molar-refractivity contribution is 5.40. The molecule has 2 heterocycles. The van der Waals surface area contributed by atoms with E-state index in [1.54, 1.807) is 7.11 Å². The Bertz CT molecular complexity index is 438. The maximum atomic E-state index is 5.15. The predicted octanol–water partition coefficient (Wildman–Crippen LogP) is 2.15. The SMILES string of the molecule is COCCN(C)C[C@@H]1CCCN1c1ccnc(C(C)C)n1. The van der Waals surface area contributed by atoms with E-state index in [4.69, 9.17) is 9.72 Å². The molecular formula is C16H28N4O. The minimum Gasteiger partial charge on any atom is -0.383 e. The average molecular weight is 292 g/mol. The third-order valence-corrected chi connectivity index (χ3v) is 4.05. The summed E-state index contributed by atoms with van der Waals surface area (Å²) in [6.07, 6.45) is 4.36. The Morgan fingerprint density at radius 1 is 1.48 bits per heavy atom. The molecule has 0 aliphatic carbocycles. The molecule has 5 nitrogen and oxygen atoms in total. The molecule has 21 heavy (non-hydrogen) atoms. The highest BCUT2D eigenvalue weighted by atomic mass is 16.5. The first-order valence-electron chi connectivity index (χ1n) is 7.89. The molecule has 1 fully saturated rings. The van der Waals surface area contributed by atoms with E-state index in [1.807, 2.05) is 12.3 Å². The van der Waals surface area contributed by atoms with Gasteiger partial charge in [0.05, 0.1) is 6.61 Å². The normalized spacial score (nSPS) is 19.0. The molecule has 0 spiro atoms. The van der Waals surface area contributed by atoms with Crippen molar-refractivity contribution in [3.63, 3.8) is 0 Å².